The molecule has 4 atom stereocenters. The maximum atomic E-state index is 11.0. The lowest BCUT2D eigenvalue weighted by molar-refractivity contribution is -0.168. The topological polar surface area (TPSA) is 40.5 Å². The second-order valence-corrected chi connectivity index (χ2v) is 6.68. The minimum atomic E-state index is -0.849. The van der Waals surface area contributed by atoms with E-state index in [2.05, 4.69) is 20.4 Å². The molecule has 2 rings (SSSR count). The minimum absolute atomic E-state index is 0.381. The maximum Gasteiger partial charge on any atom is 0.0934 e. The molecular formula is C15H26O2. The Morgan fingerprint density at radius 2 is 2.00 bits per heavy atom. The zero-order valence-corrected chi connectivity index (χ0v) is 11.4. The first-order valence-corrected chi connectivity index (χ1v) is 6.90. The first kappa shape index (κ1) is 13.1. The van der Waals surface area contributed by atoms with Gasteiger partial charge in [-0.05, 0) is 49.5 Å². The van der Waals surface area contributed by atoms with Crippen LogP contribution in [-0.4, -0.2) is 21.9 Å². The zero-order valence-electron chi connectivity index (χ0n) is 11.4. The lowest BCUT2D eigenvalue weighted by Gasteiger charge is -2.57. The van der Waals surface area contributed by atoms with E-state index in [1.165, 1.54) is 0 Å². The molecule has 0 aromatic heterocycles. The Kier molecular flexibility index (Phi) is 3.16. The highest BCUT2D eigenvalue weighted by molar-refractivity contribution is 5.25. The van der Waals surface area contributed by atoms with Crippen molar-refractivity contribution in [3.63, 3.8) is 0 Å². The summed E-state index contributed by atoms with van der Waals surface area (Å²) in [6, 6.07) is 0. The molecule has 0 aromatic rings. The third-order valence-electron chi connectivity index (χ3n) is 5.52. The fraction of sp³-hybridized carbons (Fsp3) is 0.867. The molecule has 0 amide bonds. The van der Waals surface area contributed by atoms with Crippen molar-refractivity contribution in [1.82, 2.24) is 0 Å². The van der Waals surface area contributed by atoms with Gasteiger partial charge in [0, 0.05) is 5.41 Å². The van der Waals surface area contributed by atoms with Gasteiger partial charge in [0.25, 0.3) is 0 Å². The number of aliphatic hydroxyl groups is 2. The summed E-state index contributed by atoms with van der Waals surface area (Å²) in [7, 11) is 0. The van der Waals surface area contributed by atoms with Gasteiger partial charge in [-0.3, -0.25) is 0 Å². The molecule has 2 aliphatic rings. The van der Waals surface area contributed by atoms with Crippen LogP contribution in [0.3, 0.4) is 0 Å². The van der Waals surface area contributed by atoms with Gasteiger partial charge in [-0.15, -0.1) is 0 Å². The van der Waals surface area contributed by atoms with E-state index in [1.807, 2.05) is 6.92 Å². The summed E-state index contributed by atoms with van der Waals surface area (Å²) in [4.78, 5) is 0. The lowest BCUT2D eigenvalue weighted by Crippen LogP contribution is -2.60. The van der Waals surface area contributed by atoms with E-state index >= 15 is 0 Å². The Morgan fingerprint density at radius 3 is 2.59 bits per heavy atom. The third-order valence-corrected chi connectivity index (χ3v) is 5.52. The third kappa shape index (κ3) is 1.77. The molecule has 0 aliphatic heterocycles. The van der Waals surface area contributed by atoms with E-state index in [-0.39, 0.29) is 11.5 Å². The van der Waals surface area contributed by atoms with Crippen molar-refractivity contribution in [3.8, 4) is 0 Å². The van der Waals surface area contributed by atoms with Gasteiger partial charge in [0.05, 0.1) is 11.7 Å². The molecule has 2 fully saturated rings. The molecule has 98 valence electrons. The smallest absolute Gasteiger partial charge is 0.0934 e. The van der Waals surface area contributed by atoms with E-state index in [0.29, 0.717) is 11.8 Å². The predicted octanol–water partition coefficient (Wildman–Crippen LogP) is 2.89. The van der Waals surface area contributed by atoms with Crippen LogP contribution in [0.15, 0.2) is 12.2 Å². The SMILES string of the molecule is C=C1CC[C@H](O)[C@@]2(C)CC[C@@H](C(C)C)C[C@@]12O. The van der Waals surface area contributed by atoms with Crippen LogP contribution in [0.25, 0.3) is 0 Å². The van der Waals surface area contributed by atoms with E-state index in [4.69, 9.17) is 0 Å². The Bertz CT molecular complexity index is 323. The molecular weight excluding hydrogens is 212 g/mol. The van der Waals surface area contributed by atoms with Gasteiger partial charge in [0.2, 0.25) is 0 Å². The van der Waals surface area contributed by atoms with Crippen LogP contribution < -0.4 is 0 Å². The Labute approximate surface area is 105 Å². The summed E-state index contributed by atoms with van der Waals surface area (Å²) in [5.74, 6) is 1.14. The molecule has 2 heteroatoms. The van der Waals surface area contributed by atoms with E-state index in [9.17, 15) is 10.2 Å². The molecule has 0 radical (unpaired) electrons. The zero-order chi connectivity index (χ0) is 12.8. The molecule has 0 saturated heterocycles. The van der Waals surface area contributed by atoms with Crippen molar-refractivity contribution < 1.29 is 10.2 Å². The summed E-state index contributed by atoms with van der Waals surface area (Å²) in [5, 5.41) is 21.3. The second kappa shape index (κ2) is 4.10. The average Bonchev–Trinajstić information content (AvgIpc) is 2.27. The molecule has 0 aromatic carbocycles. The fourth-order valence-electron chi connectivity index (χ4n) is 3.80. The number of hydrogen-bond acceptors (Lipinski definition) is 2. The number of rotatable bonds is 1. The fourth-order valence-corrected chi connectivity index (χ4v) is 3.80. The van der Waals surface area contributed by atoms with Gasteiger partial charge in [-0.25, -0.2) is 0 Å². The van der Waals surface area contributed by atoms with Crippen molar-refractivity contribution in [2.75, 3.05) is 0 Å². The van der Waals surface area contributed by atoms with Crippen LogP contribution in [0.2, 0.25) is 0 Å². The van der Waals surface area contributed by atoms with Crippen LogP contribution in [0.5, 0.6) is 0 Å². The minimum Gasteiger partial charge on any atom is -0.392 e. The molecule has 17 heavy (non-hydrogen) atoms. The summed E-state index contributed by atoms with van der Waals surface area (Å²) in [6.45, 7) is 10.6. The van der Waals surface area contributed by atoms with Gasteiger partial charge < -0.3 is 10.2 Å². The van der Waals surface area contributed by atoms with Crippen LogP contribution in [0, 0.1) is 17.3 Å². The first-order valence-electron chi connectivity index (χ1n) is 6.90. The standard InChI is InChI=1S/C15H26O2/c1-10(2)12-7-8-14(4)13(16)6-5-11(3)15(14,17)9-12/h10,12-13,16-17H,3,5-9H2,1-2,4H3/t12-,13+,14-,15-/m1/s1. The predicted molar refractivity (Wildman–Crippen MR) is 69.6 cm³/mol. The highest BCUT2D eigenvalue weighted by atomic mass is 16.3. The van der Waals surface area contributed by atoms with E-state index in [0.717, 1.165) is 37.7 Å². The van der Waals surface area contributed by atoms with Crippen LogP contribution in [-0.2, 0) is 0 Å². The molecule has 2 N–H and O–H groups in total. The first-order chi connectivity index (χ1) is 7.81. The Balaban J connectivity index is 2.32. The molecule has 0 heterocycles. The van der Waals surface area contributed by atoms with Gasteiger partial charge in [-0.2, -0.15) is 0 Å². The van der Waals surface area contributed by atoms with Crippen LogP contribution in [0.1, 0.15) is 52.9 Å². The van der Waals surface area contributed by atoms with Crippen molar-refractivity contribution in [2.24, 2.45) is 17.3 Å². The van der Waals surface area contributed by atoms with Gasteiger partial charge in [0.1, 0.15) is 0 Å². The van der Waals surface area contributed by atoms with Crippen molar-refractivity contribution in [3.05, 3.63) is 12.2 Å². The van der Waals surface area contributed by atoms with E-state index < -0.39 is 5.60 Å². The van der Waals surface area contributed by atoms with Crippen LogP contribution >= 0.6 is 0 Å². The summed E-state index contributed by atoms with van der Waals surface area (Å²) in [6.07, 6.45) is 3.93. The highest BCUT2D eigenvalue weighted by Crippen LogP contribution is 2.56. The van der Waals surface area contributed by atoms with Gasteiger partial charge >= 0.3 is 0 Å². The maximum absolute atomic E-state index is 11.0. The number of fused-ring (bicyclic) bond motifs is 1. The summed E-state index contributed by atoms with van der Waals surface area (Å²) < 4.78 is 0. The molecule has 0 bridgehead atoms. The molecule has 2 saturated carbocycles. The lowest BCUT2D eigenvalue weighted by atomic mass is 9.52. The summed E-state index contributed by atoms with van der Waals surface area (Å²) >= 11 is 0. The van der Waals surface area contributed by atoms with Gasteiger partial charge in [-0.1, -0.05) is 27.4 Å². The second-order valence-electron chi connectivity index (χ2n) is 6.68. The molecule has 0 spiro atoms. The average molecular weight is 238 g/mol. The molecule has 0 unspecified atom stereocenters. The Hall–Kier alpha value is -0.340. The van der Waals surface area contributed by atoms with E-state index in [1.54, 1.807) is 0 Å². The highest BCUT2D eigenvalue weighted by Gasteiger charge is 2.58. The quantitative estimate of drug-likeness (QED) is 0.690. The van der Waals surface area contributed by atoms with Crippen LogP contribution in [0.4, 0.5) is 0 Å². The number of aliphatic hydroxyl groups excluding tert-OH is 1. The molecule has 2 aliphatic carbocycles. The van der Waals surface area contributed by atoms with Gasteiger partial charge in [0.15, 0.2) is 0 Å². The normalized spacial score (nSPS) is 47.1. The van der Waals surface area contributed by atoms with Crippen molar-refractivity contribution in [1.29, 1.82) is 0 Å². The number of hydrogen-bond donors (Lipinski definition) is 2. The van der Waals surface area contributed by atoms with Crippen molar-refractivity contribution in [2.45, 2.75) is 64.6 Å². The molecule has 2 nitrogen and oxygen atoms in total. The monoisotopic (exact) mass is 238 g/mol. The Morgan fingerprint density at radius 1 is 1.35 bits per heavy atom. The van der Waals surface area contributed by atoms with Crippen molar-refractivity contribution >= 4 is 0 Å². The summed E-state index contributed by atoms with van der Waals surface area (Å²) in [5.41, 5.74) is -0.290. The largest absolute Gasteiger partial charge is 0.392 e.